The topological polar surface area (TPSA) is 32.3 Å². The molecule has 6 heteroatoms. The highest BCUT2D eigenvalue weighted by atomic mass is 19.4. The van der Waals surface area contributed by atoms with Gasteiger partial charge in [0.15, 0.2) is 0 Å². The number of carbonyl (C=O) groups is 1. The van der Waals surface area contributed by atoms with E-state index in [2.05, 4.69) is 11.9 Å². The number of amides is 1. The lowest BCUT2D eigenvalue weighted by atomic mass is 10.1. The zero-order valence-electron chi connectivity index (χ0n) is 11.5. The molecule has 1 fully saturated rings. The normalized spacial score (nSPS) is 18.8. The van der Waals surface area contributed by atoms with Crippen molar-refractivity contribution in [1.29, 1.82) is 0 Å². The zero-order valence-corrected chi connectivity index (χ0v) is 11.5. The van der Waals surface area contributed by atoms with Gasteiger partial charge in [0.2, 0.25) is 5.91 Å². The summed E-state index contributed by atoms with van der Waals surface area (Å²) in [6, 6.07) is 5.27. The third-order valence-corrected chi connectivity index (χ3v) is 3.55. The first-order chi connectivity index (χ1) is 9.90. The third kappa shape index (κ3) is 4.07. The number of halogens is 3. The largest absolute Gasteiger partial charge is 0.416 e. The summed E-state index contributed by atoms with van der Waals surface area (Å²) in [4.78, 5) is 13.1. The Bertz CT molecular complexity index is 511. The molecule has 1 N–H and O–H groups in total. The number of rotatable bonds is 4. The molecule has 1 aromatic rings. The second-order valence-electron chi connectivity index (χ2n) is 5.05. The summed E-state index contributed by atoms with van der Waals surface area (Å²) in [7, 11) is 0. The molecule has 1 saturated heterocycles. The molecule has 21 heavy (non-hydrogen) atoms. The first-order valence-corrected chi connectivity index (χ1v) is 6.71. The number of alkyl halides is 3. The molecular formula is C15H17F3N2O. The summed E-state index contributed by atoms with van der Waals surface area (Å²) in [6.45, 7) is 5.21. The highest BCUT2D eigenvalue weighted by Crippen LogP contribution is 2.29. The van der Waals surface area contributed by atoms with Gasteiger partial charge in [0, 0.05) is 25.7 Å². The van der Waals surface area contributed by atoms with E-state index in [4.69, 9.17) is 0 Å². The lowest BCUT2D eigenvalue weighted by molar-refractivity contribution is -0.137. The quantitative estimate of drug-likeness (QED) is 0.867. The molecule has 0 spiro atoms. The third-order valence-electron chi connectivity index (χ3n) is 3.55. The van der Waals surface area contributed by atoms with Gasteiger partial charge in [0.1, 0.15) is 0 Å². The van der Waals surface area contributed by atoms with Crippen LogP contribution in [-0.2, 0) is 17.5 Å². The fourth-order valence-electron chi connectivity index (χ4n) is 2.33. The summed E-state index contributed by atoms with van der Waals surface area (Å²) in [5, 5.41) is 3.26. The first kappa shape index (κ1) is 15.6. The average Bonchev–Trinajstić information content (AvgIpc) is 2.92. The molecule has 3 nitrogen and oxygen atoms in total. The summed E-state index contributed by atoms with van der Waals surface area (Å²) >= 11 is 0. The van der Waals surface area contributed by atoms with Crippen LogP contribution in [0.3, 0.4) is 0 Å². The average molecular weight is 298 g/mol. The van der Waals surface area contributed by atoms with Crippen LogP contribution in [-0.4, -0.2) is 29.9 Å². The van der Waals surface area contributed by atoms with Crippen molar-refractivity contribution >= 4 is 5.91 Å². The van der Waals surface area contributed by atoms with Crippen LogP contribution in [0.25, 0.3) is 0 Å². The molecule has 1 heterocycles. The van der Waals surface area contributed by atoms with Crippen LogP contribution in [0.4, 0.5) is 13.2 Å². The van der Waals surface area contributed by atoms with Crippen LogP contribution >= 0.6 is 0 Å². The van der Waals surface area contributed by atoms with Crippen LogP contribution in [0.1, 0.15) is 17.5 Å². The molecule has 0 bridgehead atoms. The lowest BCUT2D eigenvalue weighted by Crippen LogP contribution is -2.34. The summed E-state index contributed by atoms with van der Waals surface area (Å²) in [6.07, 6.45) is -2.18. The first-order valence-electron chi connectivity index (χ1n) is 6.71. The fourth-order valence-corrected chi connectivity index (χ4v) is 2.33. The molecule has 1 aliphatic rings. The van der Waals surface area contributed by atoms with Crippen molar-refractivity contribution in [1.82, 2.24) is 10.2 Å². The highest BCUT2D eigenvalue weighted by Gasteiger charge is 2.30. The van der Waals surface area contributed by atoms with Crippen molar-refractivity contribution in [3.63, 3.8) is 0 Å². The number of nitrogens with one attached hydrogen (secondary N) is 1. The molecule has 0 aromatic heterocycles. The number of nitrogens with zero attached hydrogens (tertiary/aromatic N) is 1. The molecule has 2 rings (SSSR count). The van der Waals surface area contributed by atoms with Gasteiger partial charge in [-0.3, -0.25) is 4.79 Å². The number of hydrogen-bond acceptors (Lipinski definition) is 2. The minimum Gasteiger partial charge on any atom is -0.338 e. The summed E-state index contributed by atoms with van der Waals surface area (Å²) in [5.41, 5.74) is 0.145. The van der Waals surface area contributed by atoms with E-state index in [0.29, 0.717) is 19.6 Å². The summed E-state index contributed by atoms with van der Waals surface area (Å²) in [5.74, 6) is -0.0890. The Hall–Kier alpha value is -1.82. The van der Waals surface area contributed by atoms with Gasteiger partial charge >= 0.3 is 6.18 Å². The minimum absolute atomic E-state index is 0.0890. The monoisotopic (exact) mass is 298 g/mol. The minimum atomic E-state index is -4.30. The van der Waals surface area contributed by atoms with Crippen LogP contribution in [0.2, 0.25) is 0 Å². The Balaban J connectivity index is 1.84. The maximum atomic E-state index is 12.4. The van der Waals surface area contributed by atoms with Crippen LogP contribution in [0.5, 0.6) is 0 Å². The fraction of sp³-hybridized carbons (Fsp3) is 0.400. The SMILES string of the molecule is C=CC(=O)N1CCC(NCc2ccc(C(F)(F)F)cc2)C1. The number of carbonyl (C=O) groups excluding carboxylic acids is 1. The van der Waals surface area contributed by atoms with E-state index < -0.39 is 11.7 Å². The van der Waals surface area contributed by atoms with Gasteiger partial charge < -0.3 is 10.2 Å². The maximum absolute atomic E-state index is 12.4. The van der Waals surface area contributed by atoms with Crippen molar-refractivity contribution in [3.8, 4) is 0 Å². The van der Waals surface area contributed by atoms with Gasteiger partial charge in [-0.1, -0.05) is 18.7 Å². The van der Waals surface area contributed by atoms with Gasteiger partial charge in [0.25, 0.3) is 0 Å². The molecule has 0 aliphatic carbocycles. The van der Waals surface area contributed by atoms with E-state index in [1.54, 1.807) is 4.90 Å². The standard InChI is InChI=1S/C15H17F3N2O/c1-2-14(21)20-8-7-13(10-20)19-9-11-3-5-12(6-4-11)15(16,17)18/h2-6,13,19H,1,7-10H2. The van der Waals surface area contributed by atoms with E-state index in [-0.39, 0.29) is 11.9 Å². The Morgan fingerprint density at radius 1 is 1.38 bits per heavy atom. The smallest absolute Gasteiger partial charge is 0.338 e. The molecule has 114 valence electrons. The van der Waals surface area contributed by atoms with E-state index in [0.717, 1.165) is 24.1 Å². The Morgan fingerprint density at radius 3 is 2.62 bits per heavy atom. The molecule has 1 unspecified atom stereocenters. The highest BCUT2D eigenvalue weighted by molar-refractivity contribution is 5.87. The van der Waals surface area contributed by atoms with E-state index >= 15 is 0 Å². The van der Waals surface area contributed by atoms with E-state index in [1.165, 1.54) is 18.2 Å². The van der Waals surface area contributed by atoms with Crippen LogP contribution in [0, 0.1) is 0 Å². The van der Waals surface area contributed by atoms with Gasteiger partial charge in [-0.15, -0.1) is 0 Å². The number of likely N-dealkylation sites (tertiary alicyclic amines) is 1. The predicted molar refractivity (Wildman–Crippen MR) is 73.5 cm³/mol. The number of hydrogen-bond donors (Lipinski definition) is 1. The lowest BCUT2D eigenvalue weighted by Gasteiger charge is -2.15. The molecule has 1 aromatic carbocycles. The zero-order chi connectivity index (χ0) is 15.5. The van der Waals surface area contributed by atoms with Crippen LogP contribution in [0.15, 0.2) is 36.9 Å². The molecule has 1 amide bonds. The van der Waals surface area contributed by atoms with Crippen molar-refractivity contribution in [2.24, 2.45) is 0 Å². The second kappa shape index (κ2) is 6.30. The van der Waals surface area contributed by atoms with Crippen molar-refractivity contribution in [3.05, 3.63) is 48.0 Å². The van der Waals surface area contributed by atoms with Crippen molar-refractivity contribution < 1.29 is 18.0 Å². The van der Waals surface area contributed by atoms with Gasteiger partial charge in [0.05, 0.1) is 5.56 Å². The molecule has 1 aliphatic heterocycles. The summed E-state index contributed by atoms with van der Waals surface area (Å²) < 4.78 is 37.3. The maximum Gasteiger partial charge on any atom is 0.416 e. The van der Waals surface area contributed by atoms with Gasteiger partial charge in [-0.25, -0.2) is 0 Å². The Labute approximate surface area is 121 Å². The molecular weight excluding hydrogens is 281 g/mol. The van der Waals surface area contributed by atoms with Crippen molar-refractivity contribution in [2.75, 3.05) is 13.1 Å². The second-order valence-corrected chi connectivity index (χ2v) is 5.05. The van der Waals surface area contributed by atoms with Crippen molar-refractivity contribution in [2.45, 2.75) is 25.2 Å². The molecule has 0 radical (unpaired) electrons. The van der Waals surface area contributed by atoms with Crippen LogP contribution < -0.4 is 5.32 Å². The van der Waals surface area contributed by atoms with E-state index in [9.17, 15) is 18.0 Å². The Morgan fingerprint density at radius 2 is 2.05 bits per heavy atom. The van der Waals surface area contributed by atoms with Gasteiger partial charge in [-0.05, 0) is 30.2 Å². The predicted octanol–water partition coefficient (Wildman–Crippen LogP) is 2.58. The molecule has 0 saturated carbocycles. The van der Waals surface area contributed by atoms with E-state index in [1.807, 2.05) is 0 Å². The Kier molecular flexibility index (Phi) is 4.67. The van der Waals surface area contributed by atoms with Gasteiger partial charge in [-0.2, -0.15) is 13.2 Å². The molecule has 1 atom stereocenters. The number of benzene rings is 1.